The highest BCUT2D eigenvalue weighted by molar-refractivity contribution is 5.96. The third-order valence-corrected chi connectivity index (χ3v) is 4.83. The average Bonchev–Trinajstić information content (AvgIpc) is 2.81. The zero-order chi connectivity index (χ0) is 16.6. The number of aryl methyl sites for hydroxylation is 1. The van der Waals surface area contributed by atoms with E-state index in [4.69, 9.17) is 0 Å². The van der Waals surface area contributed by atoms with Gasteiger partial charge in [0, 0.05) is 30.2 Å². The molecule has 23 heavy (non-hydrogen) atoms. The SMILES string of the molecule is Cc1cc(C(=O)N2CC(C)CC(C)C2)c(C)n1-c1ccccc1. The molecule has 2 aromatic rings. The first kappa shape index (κ1) is 15.9. The summed E-state index contributed by atoms with van der Waals surface area (Å²) in [7, 11) is 0. The molecule has 3 nitrogen and oxygen atoms in total. The van der Waals surface area contributed by atoms with Crippen molar-refractivity contribution >= 4 is 5.91 Å². The second-order valence-corrected chi connectivity index (χ2v) is 7.11. The Labute approximate surface area is 138 Å². The summed E-state index contributed by atoms with van der Waals surface area (Å²) >= 11 is 0. The molecule has 3 rings (SSSR count). The van der Waals surface area contributed by atoms with E-state index in [0.29, 0.717) is 11.8 Å². The van der Waals surface area contributed by atoms with Crippen LogP contribution >= 0.6 is 0 Å². The number of carbonyl (C=O) groups excluding carboxylic acids is 1. The molecule has 1 aliphatic rings. The molecule has 2 atom stereocenters. The molecular formula is C20H26N2O. The highest BCUT2D eigenvalue weighted by Gasteiger charge is 2.28. The van der Waals surface area contributed by atoms with Crippen molar-refractivity contribution in [1.82, 2.24) is 9.47 Å². The van der Waals surface area contributed by atoms with Crippen LogP contribution in [-0.2, 0) is 0 Å². The Morgan fingerprint density at radius 1 is 1.04 bits per heavy atom. The first-order valence-electron chi connectivity index (χ1n) is 8.51. The minimum absolute atomic E-state index is 0.179. The van der Waals surface area contributed by atoms with Gasteiger partial charge in [-0.15, -0.1) is 0 Å². The Kier molecular flexibility index (Phi) is 4.29. The molecule has 0 aliphatic carbocycles. The quantitative estimate of drug-likeness (QED) is 0.815. The van der Waals surface area contributed by atoms with Crippen molar-refractivity contribution in [2.45, 2.75) is 34.1 Å². The van der Waals surface area contributed by atoms with E-state index in [0.717, 1.165) is 35.7 Å². The minimum Gasteiger partial charge on any atom is -0.338 e. The maximum absolute atomic E-state index is 13.0. The summed E-state index contributed by atoms with van der Waals surface area (Å²) < 4.78 is 2.17. The summed E-state index contributed by atoms with van der Waals surface area (Å²) in [5, 5.41) is 0. The molecular weight excluding hydrogens is 284 g/mol. The number of piperidine rings is 1. The predicted octanol–water partition coefficient (Wildman–Crippen LogP) is 4.21. The zero-order valence-electron chi connectivity index (χ0n) is 14.5. The first-order valence-corrected chi connectivity index (χ1v) is 8.51. The van der Waals surface area contributed by atoms with E-state index in [9.17, 15) is 4.79 Å². The molecule has 1 aliphatic heterocycles. The van der Waals surface area contributed by atoms with Crippen molar-refractivity contribution in [3.05, 3.63) is 53.3 Å². The van der Waals surface area contributed by atoms with Gasteiger partial charge in [0.15, 0.2) is 0 Å². The zero-order valence-corrected chi connectivity index (χ0v) is 14.5. The van der Waals surface area contributed by atoms with Gasteiger partial charge in [0.25, 0.3) is 5.91 Å². The van der Waals surface area contributed by atoms with Crippen LogP contribution in [0.5, 0.6) is 0 Å². The van der Waals surface area contributed by atoms with Gasteiger partial charge < -0.3 is 9.47 Å². The fraction of sp³-hybridized carbons (Fsp3) is 0.450. The fourth-order valence-corrected chi connectivity index (χ4v) is 3.95. The Morgan fingerprint density at radius 3 is 2.26 bits per heavy atom. The molecule has 1 fully saturated rings. The fourth-order valence-electron chi connectivity index (χ4n) is 3.95. The first-order chi connectivity index (χ1) is 11.0. The van der Waals surface area contributed by atoms with E-state index in [2.05, 4.69) is 37.5 Å². The van der Waals surface area contributed by atoms with Crippen LogP contribution in [-0.4, -0.2) is 28.5 Å². The van der Waals surface area contributed by atoms with Crippen molar-refractivity contribution in [2.24, 2.45) is 11.8 Å². The normalized spacial score (nSPS) is 21.5. The standard InChI is InChI=1S/C20H26N2O/c1-14-10-15(2)13-21(12-14)20(23)19-11-16(3)22(17(19)4)18-8-6-5-7-9-18/h5-9,11,14-15H,10,12-13H2,1-4H3. The van der Waals surface area contributed by atoms with E-state index in [1.54, 1.807) is 0 Å². The molecule has 3 heteroatoms. The van der Waals surface area contributed by atoms with Crippen molar-refractivity contribution in [3.8, 4) is 5.69 Å². The van der Waals surface area contributed by atoms with Crippen molar-refractivity contribution in [1.29, 1.82) is 0 Å². The molecule has 0 N–H and O–H groups in total. The summed E-state index contributed by atoms with van der Waals surface area (Å²) in [4.78, 5) is 15.1. The number of aromatic nitrogens is 1. The van der Waals surface area contributed by atoms with Gasteiger partial charge in [0.2, 0.25) is 0 Å². The van der Waals surface area contributed by atoms with Crippen LogP contribution in [0, 0.1) is 25.7 Å². The van der Waals surface area contributed by atoms with E-state index in [-0.39, 0.29) is 5.91 Å². The number of nitrogens with zero attached hydrogens (tertiary/aromatic N) is 2. The summed E-state index contributed by atoms with van der Waals surface area (Å²) in [5.74, 6) is 1.35. The van der Waals surface area contributed by atoms with Gasteiger partial charge in [0.05, 0.1) is 5.56 Å². The van der Waals surface area contributed by atoms with E-state index in [1.807, 2.05) is 36.1 Å². The van der Waals surface area contributed by atoms with Gasteiger partial charge in [-0.1, -0.05) is 32.0 Å². The summed E-state index contributed by atoms with van der Waals surface area (Å²) in [5.41, 5.74) is 4.09. The summed E-state index contributed by atoms with van der Waals surface area (Å²) in [6.07, 6.45) is 1.22. The lowest BCUT2D eigenvalue weighted by Gasteiger charge is -2.35. The number of rotatable bonds is 2. The van der Waals surface area contributed by atoms with Crippen LogP contribution in [0.3, 0.4) is 0 Å². The number of benzene rings is 1. The minimum atomic E-state index is 0.179. The largest absolute Gasteiger partial charge is 0.338 e. The lowest BCUT2D eigenvalue weighted by Crippen LogP contribution is -2.42. The van der Waals surface area contributed by atoms with Crippen LogP contribution in [0.15, 0.2) is 36.4 Å². The second-order valence-electron chi connectivity index (χ2n) is 7.11. The van der Waals surface area contributed by atoms with E-state index in [1.165, 1.54) is 6.42 Å². The molecule has 122 valence electrons. The molecule has 0 radical (unpaired) electrons. The third kappa shape index (κ3) is 3.05. The average molecular weight is 310 g/mol. The molecule has 1 amide bonds. The highest BCUT2D eigenvalue weighted by atomic mass is 16.2. The van der Waals surface area contributed by atoms with Crippen LogP contribution in [0.2, 0.25) is 0 Å². The van der Waals surface area contributed by atoms with Gasteiger partial charge >= 0.3 is 0 Å². The Morgan fingerprint density at radius 2 is 1.65 bits per heavy atom. The van der Waals surface area contributed by atoms with E-state index < -0.39 is 0 Å². The molecule has 1 aromatic heterocycles. The predicted molar refractivity (Wildman–Crippen MR) is 94.1 cm³/mol. The summed E-state index contributed by atoms with van der Waals surface area (Å²) in [6, 6.07) is 12.3. The Balaban J connectivity index is 1.93. The number of hydrogen-bond acceptors (Lipinski definition) is 1. The molecule has 0 saturated carbocycles. The van der Waals surface area contributed by atoms with Gasteiger partial charge in [-0.05, 0) is 50.3 Å². The molecule has 0 spiro atoms. The second kappa shape index (κ2) is 6.23. The van der Waals surface area contributed by atoms with Crippen LogP contribution < -0.4 is 0 Å². The number of hydrogen-bond donors (Lipinski definition) is 0. The van der Waals surface area contributed by atoms with Crippen molar-refractivity contribution < 1.29 is 4.79 Å². The highest BCUT2D eigenvalue weighted by Crippen LogP contribution is 2.26. The number of amides is 1. The Bertz CT molecular complexity index is 692. The molecule has 1 saturated heterocycles. The van der Waals surface area contributed by atoms with Crippen LogP contribution in [0.25, 0.3) is 5.69 Å². The van der Waals surface area contributed by atoms with Gasteiger partial charge in [-0.25, -0.2) is 0 Å². The van der Waals surface area contributed by atoms with Crippen LogP contribution in [0.1, 0.15) is 42.0 Å². The third-order valence-electron chi connectivity index (χ3n) is 4.83. The maximum atomic E-state index is 13.0. The van der Waals surface area contributed by atoms with Gasteiger partial charge in [-0.2, -0.15) is 0 Å². The van der Waals surface area contributed by atoms with E-state index >= 15 is 0 Å². The number of para-hydroxylation sites is 1. The van der Waals surface area contributed by atoms with Crippen LogP contribution in [0.4, 0.5) is 0 Å². The lowest BCUT2D eigenvalue weighted by molar-refractivity contribution is 0.0622. The van der Waals surface area contributed by atoms with Crippen molar-refractivity contribution in [2.75, 3.05) is 13.1 Å². The van der Waals surface area contributed by atoms with Gasteiger partial charge in [-0.3, -0.25) is 4.79 Å². The van der Waals surface area contributed by atoms with Crippen molar-refractivity contribution in [3.63, 3.8) is 0 Å². The maximum Gasteiger partial charge on any atom is 0.255 e. The molecule has 0 bridgehead atoms. The number of carbonyl (C=O) groups is 1. The smallest absolute Gasteiger partial charge is 0.255 e. The monoisotopic (exact) mass is 310 g/mol. The number of likely N-dealkylation sites (tertiary alicyclic amines) is 1. The molecule has 2 unspecified atom stereocenters. The molecule has 2 heterocycles. The Hall–Kier alpha value is -2.03. The van der Waals surface area contributed by atoms with Gasteiger partial charge in [0.1, 0.15) is 0 Å². The topological polar surface area (TPSA) is 25.2 Å². The molecule has 1 aromatic carbocycles. The lowest BCUT2D eigenvalue weighted by atomic mass is 9.91. The summed E-state index contributed by atoms with van der Waals surface area (Å²) in [6.45, 7) is 10.3.